The van der Waals surface area contributed by atoms with Crippen LogP contribution in [0.5, 0.6) is 0 Å². The van der Waals surface area contributed by atoms with Crippen LogP contribution < -0.4 is 0 Å². The van der Waals surface area contributed by atoms with E-state index in [9.17, 15) is 14.4 Å². The molecule has 0 aliphatic carbocycles. The van der Waals surface area contributed by atoms with Gasteiger partial charge in [0, 0.05) is 39.0 Å². The summed E-state index contributed by atoms with van der Waals surface area (Å²) in [5.74, 6) is -1.55. The third-order valence-electron chi connectivity index (χ3n) is 12.3. The summed E-state index contributed by atoms with van der Waals surface area (Å²) in [4.78, 5) is 36.7. The third-order valence-corrected chi connectivity index (χ3v) is 23.1. The maximum absolute atomic E-state index is 13.8. The Balaban J connectivity index is 2.24. The molecule has 2 fully saturated rings. The van der Waals surface area contributed by atoms with Gasteiger partial charge in [0.15, 0.2) is 14.1 Å². The standard InChI is InChI=1S/C42H80O8Si2/c1-12-51(13-2,14-3)50-41(11)30-37(26-24-22-20-18-16-15-17-19-21-23-25-27-43)47-42(32-41)31-39(46-36(10)44)28-38(48-42)29-40(45)49-52(33(4)5,34(6)7)35(8)9/h27,33-35,37-39H,12-26,28-32H2,1-11H3/t37-,38+,39-,41-,42-/m0/s1. The highest BCUT2D eigenvalue weighted by molar-refractivity contribution is 6.78. The summed E-state index contributed by atoms with van der Waals surface area (Å²) in [5.41, 5.74) is 0.416. The number of esters is 1. The first-order chi connectivity index (χ1) is 24.5. The Bertz CT molecular complexity index is 1030. The van der Waals surface area contributed by atoms with E-state index in [4.69, 9.17) is 23.1 Å². The summed E-state index contributed by atoms with van der Waals surface area (Å²) in [6.07, 6.45) is 16.0. The Morgan fingerprint density at radius 3 is 1.75 bits per heavy atom. The summed E-state index contributed by atoms with van der Waals surface area (Å²) in [7, 11) is -4.41. The molecule has 2 aliphatic heterocycles. The second kappa shape index (κ2) is 22.5. The molecule has 8 nitrogen and oxygen atoms in total. The molecule has 2 heterocycles. The van der Waals surface area contributed by atoms with Gasteiger partial charge in [0.05, 0.1) is 24.2 Å². The van der Waals surface area contributed by atoms with Crippen LogP contribution in [-0.2, 0) is 37.4 Å². The molecule has 304 valence electrons. The van der Waals surface area contributed by atoms with Gasteiger partial charge in [-0.15, -0.1) is 0 Å². The van der Waals surface area contributed by atoms with Crippen molar-refractivity contribution in [3.63, 3.8) is 0 Å². The van der Waals surface area contributed by atoms with Crippen LogP contribution in [0, 0.1) is 0 Å². The van der Waals surface area contributed by atoms with Crippen LogP contribution in [0.3, 0.4) is 0 Å². The van der Waals surface area contributed by atoms with E-state index in [0.717, 1.165) is 56.5 Å². The maximum Gasteiger partial charge on any atom is 0.302 e. The predicted octanol–water partition coefficient (Wildman–Crippen LogP) is 11.7. The summed E-state index contributed by atoms with van der Waals surface area (Å²) in [6, 6.07) is 3.18. The van der Waals surface area contributed by atoms with Crippen LogP contribution >= 0.6 is 0 Å². The fraction of sp³-hybridized carbons (Fsp3) is 0.929. The number of unbranched alkanes of at least 4 members (excludes halogenated alkanes) is 10. The van der Waals surface area contributed by atoms with Crippen LogP contribution in [0.2, 0.25) is 34.8 Å². The Morgan fingerprint density at radius 1 is 0.769 bits per heavy atom. The van der Waals surface area contributed by atoms with Crippen LogP contribution in [0.25, 0.3) is 0 Å². The first-order valence-electron chi connectivity index (χ1n) is 21.4. The van der Waals surface area contributed by atoms with Crippen molar-refractivity contribution in [3.8, 4) is 0 Å². The Hall–Kier alpha value is -1.08. The summed E-state index contributed by atoms with van der Waals surface area (Å²) >= 11 is 0. The zero-order valence-corrected chi connectivity index (χ0v) is 37.4. The fourth-order valence-corrected chi connectivity index (χ4v) is 18.1. The number of rotatable bonds is 25. The molecule has 0 unspecified atom stereocenters. The fourth-order valence-electron chi connectivity index (χ4n) is 9.79. The molecule has 0 saturated carbocycles. The lowest BCUT2D eigenvalue weighted by atomic mass is 9.81. The molecule has 0 bridgehead atoms. The number of hydrogen-bond acceptors (Lipinski definition) is 8. The highest BCUT2D eigenvalue weighted by Crippen LogP contribution is 2.49. The second-order valence-corrected chi connectivity index (χ2v) is 27.6. The lowest BCUT2D eigenvalue weighted by Crippen LogP contribution is -2.61. The number of ether oxygens (including phenoxy) is 3. The average Bonchev–Trinajstić information content (AvgIpc) is 3.05. The molecular formula is C42H80O8Si2. The Morgan fingerprint density at radius 2 is 1.27 bits per heavy atom. The minimum absolute atomic E-state index is 0.0473. The van der Waals surface area contributed by atoms with Gasteiger partial charge in [-0.3, -0.25) is 9.59 Å². The molecule has 0 aromatic heterocycles. The smallest absolute Gasteiger partial charge is 0.302 e. The van der Waals surface area contributed by atoms with Gasteiger partial charge in [-0.05, 0) is 54.5 Å². The number of carbonyl (C=O) groups excluding carboxylic acids is 3. The number of aldehydes is 1. The van der Waals surface area contributed by atoms with E-state index >= 15 is 0 Å². The van der Waals surface area contributed by atoms with Gasteiger partial charge in [-0.1, -0.05) is 120 Å². The topological polar surface area (TPSA) is 97.4 Å². The number of hydrogen-bond donors (Lipinski definition) is 0. The van der Waals surface area contributed by atoms with Crippen LogP contribution in [0.4, 0.5) is 0 Å². The van der Waals surface area contributed by atoms with E-state index in [1.54, 1.807) is 0 Å². The molecule has 2 aliphatic rings. The van der Waals surface area contributed by atoms with Crippen molar-refractivity contribution in [2.24, 2.45) is 0 Å². The predicted molar refractivity (Wildman–Crippen MR) is 216 cm³/mol. The molecule has 52 heavy (non-hydrogen) atoms. The molecule has 2 rings (SSSR count). The average molecular weight is 769 g/mol. The zero-order chi connectivity index (χ0) is 39.0. The minimum atomic E-state index is -2.43. The minimum Gasteiger partial charge on any atom is -0.518 e. The van der Waals surface area contributed by atoms with Gasteiger partial charge in [0.1, 0.15) is 12.4 Å². The van der Waals surface area contributed by atoms with Crippen molar-refractivity contribution in [3.05, 3.63) is 0 Å². The molecule has 0 N–H and O–H groups in total. The van der Waals surface area contributed by atoms with E-state index < -0.39 is 40.2 Å². The van der Waals surface area contributed by atoms with E-state index in [1.807, 2.05) is 0 Å². The van der Waals surface area contributed by atoms with Gasteiger partial charge in [0.25, 0.3) is 14.3 Å². The Labute approximate surface area is 321 Å². The van der Waals surface area contributed by atoms with Gasteiger partial charge in [-0.25, -0.2) is 0 Å². The van der Waals surface area contributed by atoms with E-state index in [0.29, 0.717) is 25.7 Å². The molecule has 2 saturated heterocycles. The highest BCUT2D eigenvalue weighted by Gasteiger charge is 2.56. The van der Waals surface area contributed by atoms with Gasteiger partial charge >= 0.3 is 5.97 Å². The van der Waals surface area contributed by atoms with Crippen molar-refractivity contribution in [2.75, 3.05) is 0 Å². The molecule has 5 atom stereocenters. The normalized spacial score (nSPS) is 25.6. The van der Waals surface area contributed by atoms with Crippen LogP contribution in [0.15, 0.2) is 0 Å². The maximum atomic E-state index is 13.8. The largest absolute Gasteiger partial charge is 0.518 e. The molecule has 10 heteroatoms. The highest BCUT2D eigenvalue weighted by atomic mass is 28.4. The summed E-state index contributed by atoms with van der Waals surface area (Å²) in [6.45, 7) is 23.6. The molecule has 0 aromatic carbocycles. The van der Waals surface area contributed by atoms with Crippen molar-refractivity contribution >= 4 is 34.9 Å². The van der Waals surface area contributed by atoms with E-state index in [2.05, 4.69) is 69.2 Å². The Kier molecular flexibility index (Phi) is 20.3. The molecular weight excluding hydrogens is 689 g/mol. The first-order valence-corrected chi connectivity index (χ1v) is 26.1. The first kappa shape index (κ1) is 47.1. The third kappa shape index (κ3) is 14.2. The molecule has 0 radical (unpaired) electrons. The van der Waals surface area contributed by atoms with Crippen molar-refractivity contribution < 1.29 is 37.4 Å². The van der Waals surface area contributed by atoms with Gasteiger partial charge in [-0.2, -0.15) is 0 Å². The monoisotopic (exact) mass is 769 g/mol. The van der Waals surface area contributed by atoms with Crippen molar-refractivity contribution in [2.45, 2.75) is 250 Å². The van der Waals surface area contributed by atoms with Crippen molar-refractivity contribution in [1.29, 1.82) is 0 Å². The molecule has 0 aromatic rings. The lowest BCUT2D eigenvalue weighted by molar-refractivity contribution is -0.348. The second-order valence-electron chi connectivity index (χ2n) is 17.5. The van der Waals surface area contributed by atoms with E-state index in [-0.39, 0.29) is 41.1 Å². The van der Waals surface area contributed by atoms with Crippen molar-refractivity contribution in [1.82, 2.24) is 0 Å². The lowest BCUT2D eigenvalue weighted by Gasteiger charge is -2.55. The SMILES string of the molecule is CC[Si](CC)(CC)O[C@@]1(C)C[C@H](CCCCCCCCCCCCC=O)O[C@]2(C[C@@H](OC(C)=O)C[C@H](CC(=O)O[Si](C(C)C)(C(C)C)C(C)C)O2)C1. The zero-order valence-electron chi connectivity index (χ0n) is 35.4. The van der Waals surface area contributed by atoms with Crippen LogP contribution in [0.1, 0.15) is 185 Å². The molecule has 1 spiro atoms. The summed E-state index contributed by atoms with van der Waals surface area (Å²) in [5, 5.41) is 0. The van der Waals surface area contributed by atoms with Crippen LogP contribution in [-0.4, -0.2) is 64.6 Å². The summed E-state index contributed by atoms with van der Waals surface area (Å²) < 4.78 is 33.8. The quantitative estimate of drug-likeness (QED) is 0.0392. The van der Waals surface area contributed by atoms with E-state index in [1.165, 1.54) is 51.9 Å². The van der Waals surface area contributed by atoms with Gasteiger partial charge < -0.3 is 27.9 Å². The number of carbonyl (C=O) groups is 3. The van der Waals surface area contributed by atoms with Gasteiger partial charge in [0.2, 0.25) is 0 Å². The molecule has 0 amide bonds.